The monoisotopic (exact) mass is 284 g/mol. The highest BCUT2D eigenvalue weighted by molar-refractivity contribution is 5.97. The SMILES string of the molecule is COc1ccccc1C(=O)N1CCC(n2cccc2)CC1. The molecule has 0 saturated carbocycles. The van der Waals surface area contributed by atoms with Crippen molar-refractivity contribution in [2.24, 2.45) is 0 Å². The maximum Gasteiger partial charge on any atom is 0.257 e. The van der Waals surface area contributed by atoms with Gasteiger partial charge in [-0.1, -0.05) is 12.1 Å². The molecule has 2 heterocycles. The number of hydrogen-bond donors (Lipinski definition) is 0. The predicted octanol–water partition coefficient (Wildman–Crippen LogP) is 2.97. The standard InChI is InChI=1S/C17H20N2O2/c1-21-16-7-3-2-6-15(16)17(20)19-12-8-14(9-13-19)18-10-4-5-11-18/h2-7,10-11,14H,8-9,12-13H2,1H3. The Balaban J connectivity index is 1.68. The maximum absolute atomic E-state index is 12.6. The summed E-state index contributed by atoms with van der Waals surface area (Å²) in [4.78, 5) is 14.5. The van der Waals surface area contributed by atoms with E-state index in [0.29, 0.717) is 17.4 Å². The molecule has 4 heteroatoms. The molecule has 0 atom stereocenters. The van der Waals surface area contributed by atoms with Crippen LogP contribution in [-0.4, -0.2) is 35.6 Å². The molecular weight excluding hydrogens is 264 g/mol. The molecule has 1 amide bonds. The van der Waals surface area contributed by atoms with E-state index >= 15 is 0 Å². The largest absolute Gasteiger partial charge is 0.496 e. The highest BCUT2D eigenvalue weighted by Gasteiger charge is 2.25. The number of benzene rings is 1. The summed E-state index contributed by atoms with van der Waals surface area (Å²) in [6, 6.07) is 12.0. The Hall–Kier alpha value is -2.23. The van der Waals surface area contributed by atoms with Crippen LogP contribution < -0.4 is 4.74 Å². The maximum atomic E-state index is 12.6. The van der Waals surface area contributed by atoms with E-state index in [1.54, 1.807) is 7.11 Å². The fraction of sp³-hybridized carbons (Fsp3) is 0.353. The zero-order valence-electron chi connectivity index (χ0n) is 12.2. The van der Waals surface area contributed by atoms with Crippen LogP contribution in [0.15, 0.2) is 48.8 Å². The Bertz CT molecular complexity index is 599. The van der Waals surface area contributed by atoms with Crippen molar-refractivity contribution in [1.82, 2.24) is 9.47 Å². The van der Waals surface area contributed by atoms with Gasteiger partial charge < -0.3 is 14.2 Å². The van der Waals surface area contributed by atoms with Gasteiger partial charge in [0.25, 0.3) is 5.91 Å². The summed E-state index contributed by atoms with van der Waals surface area (Å²) >= 11 is 0. The second-order valence-corrected chi connectivity index (χ2v) is 5.35. The van der Waals surface area contributed by atoms with E-state index in [2.05, 4.69) is 17.0 Å². The lowest BCUT2D eigenvalue weighted by molar-refractivity contribution is 0.0691. The molecule has 0 unspecified atom stereocenters. The van der Waals surface area contributed by atoms with E-state index in [1.165, 1.54) is 0 Å². The van der Waals surface area contributed by atoms with Crippen molar-refractivity contribution in [3.05, 3.63) is 54.4 Å². The van der Waals surface area contributed by atoms with Crippen molar-refractivity contribution in [3.8, 4) is 5.75 Å². The van der Waals surface area contributed by atoms with Gasteiger partial charge in [-0.25, -0.2) is 0 Å². The van der Waals surface area contributed by atoms with Gasteiger partial charge in [-0.2, -0.15) is 0 Å². The van der Waals surface area contributed by atoms with Crippen molar-refractivity contribution in [2.45, 2.75) is 18.9 Å². The average Bonchev–Trinajstić information content (AvgIpc) is 3.09. The number of methoxy groups -OCH3 is 1. The van der Waals surface area contributed by atoms with Crippen LogP contribution in [0.5, 0.6) is 5.75 Å². The molecule has 3 rings (SSSR count). The highest BCUT2D eigenvalue weighted by Crippen LogP contribution is 2.26. The zero-order valence-corrected chi connectivity index (χ0v) is 12.2. The van der Waals surface area contributed by atoms with Gasteiger partial charge in [0.2, 0.25) is 0 Å². The number of piperidine rings is 1. The molecule has 0 N–H and O–H groups in total. The molecule has 1 fully saturated rings. The summed E-state index contributed by atoms with van der Waals surface area (Å²) in [5.74, 6) is 0.716. The first kappa shape index (κ1) is 13.7. The molecule has 1 aliphatic rings. The minimum atomic E-state index is 0.0680. The van der Waals surface area contributed by atoms with Crippen LogP contribution >= 0.6 is 0 Å². The summed E-state index contributed by atoms with van der Waals surface area (Å²) in [7, 11) is 1.60. The average molecular weight is 284 g/mol. The third-order valence-electron chi connectivity index (χ3n) is 4.14. The van der Waals surface area contributed by atoms with Crippen molar-refractivity contribution in [2.75, 3.05) is 20.2 Å². The van der Waals surface area contributed by atoms with E-state index in [0.717, 1.165) is 25.9 Å². The predicted molar refractivity (Wildman–Crippen MR) is 81.6 cm³/mol. The van der Waals surface area contributed by atoms with Crippen LogP contribution in [0.4, 0.5) is 0 Å². The van der Waals surface area contributed by atoms with Gasteiger partial charge in [0.05, 0.1) is 12.7 Å². The van der Waals surface area contributed by atoms with Gasteiger partial charge in [0.1, 0.15) is 5.75 Å². The van der Waals surface area contributed by atoms with Crippen LogP contribution in [0, 0.1) is 0 Å². The molecule has 1 aliphatic heterocycles. The van der Waals surface area contributed by atoms with E-state index in [1.807, 2.05) is 41.3 Å². The fourth-order valence-corrected chi connectivity index (χ4v) is 2.95. The van der Waals surface area contributed by atoms with E-state index in [-0.39, 0.29) is 5.91 Å². The molecule has 4 nitrogen and oxygen atoms in total. The van der Waals surface area contributed by atoms with E-state index in [9.17, 15) is 4.79 Å². The summed E-state index contributed by atoms with van der Waals surface area (Å²) in [6.45, 7) is 1.58. The van der Waals surface area contributed by atoms with Gasteiger partial charge in [0, 0.05) is 31.5 Å². The highest BCUT2D eigenvalue weighted by atomic mass is 16.5. The zero-order chi connectivity index (χ0) is 14.7. The lowest BCUT2D eigenvalue weighted by Crippen LogP contribution is -2.39. The van der Waals surface area contributed by atoms with Crippen molar-refractivity contribution >= 4 is 5.91 Å². The quantitative estimate of drug-likeness (QED) is 0.868. The molecule has 0 aliphatic carbocycles. The molecule has 110 valence electrons. The van der Waals surface area contributed by atoms with Crippen LogP contribution in [0.2, 0.25) is 0 Å². The Kier molecular flexibility index (Phi) is 3.95. The summed E-state index contributed by atoms with van der Waals surface area (Å²) in [5.41, 5.74) is 0.652. The fourth-order valence-electron chi connectivity index (χ4n) is 2.95. The molecular formula is C17H20N2O2. The lowest BCUT2D eigenvalue weighted by Gasteiger charge is -2.33. The Labute approximate surface area is 124 Å². The molecule has 1 aromatic carbocycles. The van der Waals surface area contributed by atoms with Crippen LogP contribution in [0.1, 0.15) is 29.2 Å². The molecule has 0 radical (unpaired) electrons. The van der Waals surface area contributed by atoms with Gasteiger partial charge in [-0.05, 0) is 37.1 Å². The Morgan fingerprint density at radius 2 is 1.76 bits per heavy atom. The first-order chi connectivity index (χ1) is 10.3. The van der Waals surface area contributed by atoms with Gasteiger partial charge >= 0.3 is 0 Å². The van der Waals surface area contributed by atoms with Crippen molar-refractivity contribution in [3.63, 3.8) is 0 Å². The second kappa shape index (κ2) is 6.04. The van der Waals surface area contributed by atoms with Crippen LogP contribution in [-0.2, 0) is 0 Å². The van der Waals surface area contributed by atoms with Crippen molar-refractivity contribution < 1.29 is 9.53 Å². The topological polar surface area (TPSA) is 34.5 Å². The minimum absolute atomic E-state index is 0.0680. The molecule has 1 saturated heterocycles. The number of likely N-dealkylation sites (tertiary alicyclic amines) is 1. The molecule has 21 heavy (non-hydrogen) atoms. The van der Waals surface area contributed by atoms with Gasteiger partial charge in [-0.3, -0.25) is 4.79 Å². The summed E-state index contributed by atoms with van der Waals surface area (Å²) in [6.07, 6.45) is 6.19. The van der Waals surface area contributed by atoms with Gasteiger partial charge in [0.15, 0.2) is 0 Å². The summed E-state index contributed by atoms with van der Waals surface area (Å²) in [5, 5.41) is 0. The number of hydrogen-bond acceptors (Lipinski definition) is 2. The summed E-state index contributed by atoms with van der Waals surface area (Å²) < 4.78 is 7.53. The number of ether oxygens (including phenoxy) is 1. The number of rotatable bonds is 3. The minimum Gasteiger partial charge on any atom is -0.496 e. The van der Waals surface area contributed by atoms with Crippen LogP contribution in [0.3, 0.4) is 0 Å². The molecule has 0 spiro atoms. The normalized spacial score (nSPS) is 16.0. The van der Waals surface area contributed by atoms with Crippen molar-refractivity contribution in [1.29, 1.82) is 0 Å². The first-order valence-electron chi connectivity index (χ1n) is 7.34. The number of aromatic nitrogens is 1. The van der Waals surface area contributed by atoms with E-state index < -0.39 is 0 Å². The third kappa shape index (κ3) is 2.79. The Morgan fingerprint density at radius 1 is 1.10 bits per heavy atom. The first-order valence-corrected chi connectivity index (χ1v) is 7.34. The molecule has 1 aromatic heterocycles. The third-order valence-corrected chi connectivity index (χ3v) is 4.14. The number of amides is 1. The van der Waals surface area contributed by atoms with Gasteiger partial charge in [-0.15, -0.1) is 0 Å². The second-order valence-electron chi connectivity index (χ2n) is 5.35. The lowest BCUT2D eigenvalue weighted by atomic mass is 10.0. The number of carbonyl (C=O) groups is 1. The number of para-hydroxylation sites is 1. The molecule has 0 bridgehead atoms. The van der Waals surface area contributed by atoms with Crippen LogP contribution in [0.25, 0.3) is 0 Å². The molecule has 2 aromatic rings. The Morgan fingerprint density at radius 3 is 2.43 bits per heavy atom. The van der Waals surface area contributed by atoms with E-state index in [4.69, 9.17) is 4.74 Å². The number of carbonyl (C=O) groups excluding carboxylic acids is 1. The number of nitrogens with zero attached hydrogens (tertiary/aromatic N) is 2. The smallest absolute Gasteiger partial charge is 0.257 e.